The second-order valence-corrected chi connectivity index (χ2v) is 3.84. The molecule has 1 rings (SSSR count). The number of aliphatic hydroxyl groups is 1. The quantitative estimate of drug-likeness (QED) is 0.690. The van der Waals surface area contributed by atoms with Gasteiger partial charge in [-0.25, -0.2) is 0 Å². The Morgan fingerprint density at radius 3 is 2.85 bits per heavy atom. The second-order valence-electron chi connectivity index (χ2n) is 3.84. The number of hydrogen-bond acceptors (Lipinski definition) is 3. The zero-order valence-electron chi connectivity index (χ0n) is 8.62. The third kappa shape index (κ3) is 3.25. The van der Waals surface area contributed by atoms with Gasteiger partial charge in [-0.05, 0) is 26.3 Å². The molecule has 2 N–H and O–H groups in total. The van der Waals surface area contributed by atoms with Crippen LogP contribution in [0.2, 0.25) is 0 Å². The summed E-state index contributed by atoms with van der Waals surface area (Å²) in [7, 11) is 1.64. The van der Waals surface area contributed by atoms with Crippen molar-refractivity contribution in [2.75, 3.05) is 13.7 Å². The highest BCUT2D eigenvalue weighted by Gasteiger charge is 2.24. The molecule has 3 atom stereocenters. The summed E-state index contributed by atoms with van der Waals surface area (Å²) in [5, 5.41) is 13.2. The number of nitrogens with one attached hydrogen (secondary N) is 1. The molecule has 0 aromatic heterocycles. The Morgan fingerprint density at radius 2 is 2.15 bits per heavy atom. The minimum atomic E-state index is -0.372. The molecule has 0 spiro atoms. The highest BCUT2D eigenvalue weighted by molar-refractivity contribution is 4.81. The molecule has 0 saturated carbocycles. The van der Waals surface area contributed by atoms with Gasteiger partial charge < -0.3 is 15.2 Å². The summed E-state index contributed by atoms with van der Waals surface area (Å²) >= 11 is 0. The van der Waals surface area contributed by atoms with Crippen LogP contribution >= 0.6 is 0 Å². The summed E-state index contributed by atoms with van der Waals surface area (Å²) in [4.78, 5) is 0. The van der Waals surface area contributed by atoms with Crippen LogP contribution in [-0.4, -0.2) is 37.0 Å². The van der Waals surface area contributed by atoms with E-state index in [1.54, 1.807) is 7.11 Å². The largest absolute Gasteiger partial charge is 0.389 e. The van der Waals surface area contributed by atoms with Crippen molar-refractivity contribution in [1.29, 1.82) is 0 Å². The Labute approximate surface area is 80.5 Å². The van der Waals surface area contributed by atoms with E-state index in [1.807, 2.05) is 6.92 Å². The van der Waals surface area contributed by atoms with Crippen LogP contribution in [0.25, 0.3) is 0 Å². The predicted octanol–water partition coefficient (Wildman–Crippen LogP) is 0.914. The van der Waals surface area contributed by atoms with Crippen LogP contribution in [0.1, 0.15) is 32.6 Å². The molecule has 0 aromatic rings. The van der Waals surface area contributed by atoms with Crippen LogP contribution < -0.4 is 5.32 Å². The third-order valence-corrected chi connectivity index (χ3v) is 2.86. The van der Waals surface area contributed by atoms with Gasteiger partial charge >= 0.3 is 0 Å². The first-order valence-electron chi connectivity index (χ1n) is 5.20. The number of rotatable bonds is 3. The fourth-order valence-electron chi connectivity index (χ4n) is 1.81. The van der Waals surface area contributed by atoms with Gasteiger partial charge in [-0.15, -0.1) is 0 Å². The van der Waals surface area contributed by atoms with E-state index < -0.39 is 0 Å². The zero-order chi connectivity index (χ0) is 9.68. The van der Waals surface area contributed by atoms with Gasteiger partial charge in [0.2, 0.25) is 0 Å². The number of ether oxygens (including phenoxy) is 1. The van der Waals surface area contributed by atoms with E-state index >= 15 is 0 Å². The van der Waals surface area contributed by atoms with Gasteiger partial charge in [-0.2, -0.15) is 0 Å². The van der Waals surface area contributed by atoms with Crippen LogP contribution in [0, 0.1) is 0 Å². The third-order valence-electron chi connectivity index (χ3n) is 2.86. The van der Waals surface area contributed by atoms with Gasteiger partial charge in [0.1, 0.15) is 0 Å². The molecular formula is C10H21NO2. The predicted molar refractivity (Wildman–Crippen MR) is 52.7 cm³/mol. The summed E-state index contributed by atoms with van der Waals surface area (Å²) in [6.07, 6.45) is 4.33. The summed E-state index contributed by atoms with van der Waals surface area (Å²) in [6, 6.07) is 0.220. The topological polar surface area (TPSA) is 41.5 Å². The minimum Gasteiger partial charge on any atom is -0.389 e. The molecule has 3 heteroatoms. The van der Waals surface area contributed by atoms with Gasteiger partial charge in [0, 0.05) is 13.2 Å². The fourth-order valence-corrected chi connectivity index (χ4v) is 1.81. The van der Waals surface area contributed by atoms with Crippen LogP contribution in [0.3, 0.4) is 0 Å². The van der Waals surface area contributed by atoms with E-state index in [9.17, 15) is 5.11 Å². The number of aliphatic hydroxyl groups excluding tert-OH is 1. The standard InChI is InChI=1S/C10H21NO2/c1-8(13-2)10(12)9-6-4-3-5-7-11-9/h8-12H,3-7H2,1-2H3. The number of methoxy groups -OCH3 is 1. The maximum Gasteiger partial charge on any atom is 0.0951 e. The summed E-state index contributed by atoms with van der Waals surface area (Å²) in [5.41, 5.74) is 0. The van der Waals surface area contributed by atoms with Crippen molar-refractivity contribution in [3.63, 3.8) is 0 Å². The summed E-state index contributed by atoms with van der Waals surface area (Å²) < 4.78 is 5.12. The van der Waals surface area contributed by atoms with Crippen LogP contribution in [0.15, 0.2) is 0 Å². The van der Waals surface area contributed by atoms with Crippen LogP contribution in [-0.2, 0) is 4.74 Å². The van der Waals surface area contributed by atoms with Crippen molar-refractivity contribution in [2.24, 2.45) is 0 Å². The van der Waals surface area contributed by atoms with Crippen molar-refractivity contribution >= 4 is 0 Å². The van der Waals surface area contributed by atoms with Gasteiger partial charge in [0.15, 0.2) is 0 Å². The van der Waals surface area contributed by atoms with E-state index in [0.717, 1.165) is 13.0 Å². The van der Waals surface area contributed by atoms with E-state index in [4.69, 9.17) is 4.74 Å². The maximum atomic E-state index is 9.88. The first kappa shape index (κ1) is 11.0. The Kier molecular flexibility index (Phi) is 4.70. The molecule has 0 aromatic carbocycles. The maximum absolute atomic E-state index is 9.88. The molecule has 1 saturated heterocycles. The molecular weight excluding hydrogens is 166 g/mol. The molecule has 1 heterocycles. The molecule has 1 aliphatic heterocycles. The summed E-state index contributed by atoms with van der Waals surface area (Å²) in [5.74, 6) is 0. The average Bonchev–Trinajstić information content (AvgIpc) is 2.43. The highest BCUT2D eigenvalue weighted by atomic mass is 16.5. The van der Waals surface area contributed by atoms with Crippen molar-refractivity contribution in [1.82, 2.24) is 5.32 Å². The zero-order valence-corrected chi connectivity index (χ0v) is 8.62. The lowest BCUT2D eigenvalue weighted by Gasteiger charge is -2.26. The van der Waals surface area contributed by atoms with Crippen LogP contribution in [0.5, 0.6) is 0 Å². The van der Waals surface area contributed by atoms with Gasteiger partial charge in [-0.1, -0.05) is 12.8 Å². The molecule has 0 amide bonds. The lowest BCUT2D eigenvalue weighted by Crippen LogP contribution is -2.45. The average molecular weight is 187 g/mol. The Morgan fingerprint density at radius 1 is 1.38 bits per heavy atom. The Hall–Kier alpha value is -0.120. The SMILES string of the molecule is COC(C)C(O)C1CCCCCN1. The normalized spacial score (nSPS) is 29.3. The lowest BCUT2D eigenvalue weighted by molar-refractivity contribution is -0.0204. The molecule has 1 aliphatic rings. The molecule has 3 unspecified atom stereocenters. The lowest BCUT2D eigenvalue weighted by atomic mass is 10.0. The Balaban J connectivity index is 2.38. The van der Waals surface area contributed by atoms with Gasteiger partial charge in [0.25, 0.3) is 0 Å². The molecule has 0 bridgehead atoms. The van der Waals surface area contributed by atoms with E-state index in [1.165, 1.54) is 19.3 Å². The van der Waals surface area contributed by atoms with Gasteiger partial charge in [0.05, 0.1) is 12.2 Å². The highest BCUT2D eigenvalue weighted by Crippen LogP contribution is 2.14. The van der Waals surface area contributed by atoms with Crippen molar-refractivity contribution < 1.29 is 9.84 Å². The van der Waals surface area contributed by atoms with Crippen LogP contribution in [0.4, 0.5) is 0 Å². The fraction of sp³-hybridized carbons (Fsp3) is 1.00. The Bertz CT molecular complexity index is 133. The number of hydrogen-bond donors (Lipinski definition) is 2. The first-order valence-corrected chi connectivity index (χ1v) is 5.20. The molecule has 78 valence electrons. The molecule has 13 heavy (non-hydrogen) atoms. The van der Waals surface area contributed by atoms with E-state index in [0.29, 0.717) is 0 Å². The minimum absolute atomic E-state index is 0.0735. The van der Waals surface area contributed by atoms with Crippen molar-refractivity contribution in [2.45, 2.75) is 50.9 Å². The smallest absolute Gasteiger partial charge is 0.0951 e. The molecule has 3 nitrogen and oxygen atoms in total. The van der Waals surface area contributed by atoms with Crippen molar-refractivity contribution in [3.8, 4) is 0 Å². The van der Waals surface area contributed by atoms with Crippen molar-refractivity contribution in [3.05, 3.63) is 0 Å². The van der Waals surface area contributed by atoms with E-state index in [2.05, 4.69) is 5.32 Å². The monoisotopic (exact) mass is 187 g/mol. The molecule has 0 aliphatic carbocycles. The molecule has 0 radical (unpaired) electrons. The second kappa shape index (κ2) is 5.58. The van der Waals surface area contributed by atoms with Gasteiger partial charge in [-0.3, -0.25) is 0 Å². The summed E-state index contributed by atoms with van der Waals surface area (Å²) in [6.45, 7) is 2.94. The molecule has 1 fully saturated rings. The first-order chi connectivity index (χ1) is 6.25. The van der Waals surface area contributed by atoms with E-state index in [-0.39, 0.29) is 18.2 Å².